The summed E-state index contributed by atoms with van der Waals surface area (Å²) in [6.07, 6.45) is 11.3. The average molecular weight is 245 g/mol. The number of rotatable bonds is 2. The van der Waals surface area contributed by atoms with Gasteiger partial charge < -0.3 is 5.11 Å². The van der Waals surface area contributed by atoms with Crippen LogP contribution in [0.15, 0.2) is 24.5 Å². The Labute approximate surface area is 107 Å². The Hall–Kier alpha value is -1.38. The van der Waals surface area contributed by atoms with Crippen molar-refractivity contribution < 1.29 is 9.90 Å². The Morgan fingerprint density at radius 1 is 1.22 bits per heavy atom. The maximum absolute atomic E-state index is 11.7. The highest BCUT2D eigenvalue weighted by Crippen LogP contribution is 2.61. The zero-order valence-corrected chi connectivity index (χ0v) is 10.6. The van der Waals surface area contributed by atoms with Crippen LogP contribution in [-0.2, 0) is 10.2 Å². The van der Waals surface area contributed by atoms with Crippen LogP contribution < -0.4 is 0 Å². The first-order chi connectivity index (χ1) is 8.67. The lowest BCUT2D eigenvalue weighted by Crippen LogP contribution is -2.55. The van der Waals surface area contributed by atoms with Crippen molar-refractivity contribution in [3.63, 3.8) is 0 Å². The fourth-order valence-corrected chi connectivity index (χ4v) is 4.01. The van der Waals surface area contributed by atoms with E-state index < -0.39 is 11.4 Å². The van der Waals surface area contributed by atoms with Gasteiger partial charge in [-0.25, -0.2) is 0 Å². The van der Waals surface area contributed by atoms with Gasteiger partial charge in [-0.3, -0.25) is 9.78 Å². The van der Waals surface area contributed by atoms with Crippen LogP contribution >= 0.6 is 0 Å². The molecule has 0 amide bonds. The molecule has 0 saturated heterocycles. The molecule has 0 unspecified atom stereocenters. The zero-order valence-electron chi connectivity index (χ0n) is 10.6. The minimum Gasteiger partial charge on any atom is -0.481 e. The summed E-state index contributed by atoms with van der Waals surface area (Å²) in [5.74, 6) is -0.674. The molecule has 0 aromatic carbocycles. The summed E-state index contributed by atoms with van der Waals surface area (Å²) in [6, 6.07) is 3.75. The molecule has 3 nitrogen and oxygen atoms in total. The molecule has 0 aliphatic heterocycles. The molecule has 2 saturated carbocycles. The van der Waals surface area contributed by atoms with E-state index in [-0.39, 0.29) is 0 Å². The van der Waals surface area contributed by atoms with Gasteiger partial charge >= 0.3 is 5.97 Å². The normalized spacial score (nSPS) is 24.4. The number of carbonyl (C=O) groups is 1. The predicted molar refractivity (Wildman–Crippen MR) is 68.3 cm³/mol. The number of aliphatic carboxylic acids is 1. The van der Waals surface area contributed by atoms with Gasteiger partial charge in [-0.1, -0.05) is 25.3 Å². The van der Waals surface area contributed by atoms with E-state index in [2.05, 4.69) is 4.98 Å². The molecule has 2 aliphatic rings. The van der Waals surface area contributed by atoms with Gasteiger partial charge in [0, 0.05) is 12.4 Å². The van der Waals surface area contributed by atoms with Gasteiger partial charge in [0.05, 0.1) is 5.41 Å². The quantitative estimate of drug-likeness (QED) is 0.870. The highest BCUT2D eigenvalue weighted by molar-refractivity contribution is 5.83. The van der Waals surface area contributed by atoms with E-state index in [1.165, 1.54) is 32.1 Å². The van der Waals surface area contributed by atoms with Crippen LogP contribution in [0.4, 0.5) is 0 Å². The van der Waals surface area contributed by atoms with E-state index >= 15 is 0 Å². The lowest BCUT2D eigenvalue weighted by molar-refractivity contribution is -0.156. The summed E-state index contributed by atoms with van der Waals surface area (Å²) in [7, 11) is 0. The van der Waals surface area contributed by atoms with Crippen molar-refractivity contribution in [1.29, 1.82) is 0 Å². The fraction of sp³-hybridized carbons (Fsp3) is 0.600. The van der Waals surface area contributed by atoms with Gasteiger partial charge in [0.25, 0.3) is 0 Å². The monoisotopic (exact) mass is 245 g/mol. The van der Waals surface area contributed by atoms with E-state index in [9.17, 15) is 9.90 Å². The van der Waals surface area contributed by atoms with Crippen LogP contribution in [0.1, 0.15) is 50.5 Å². The third kappa shape index (κ3) is 1.64. The molecular formula is C15H19NO2. The fourth-order valence-electron chi connectivity index (χ4n) is 4.01. The lowest BCUT2D eigenvalue weighted by Gasteiger charge is -2.56. The largest absolute Gasteiger partial charge is 0.481 e. The minimum absolute atomic E-state index is 0.312. The van der Waals surface area contributed by atoms with E-state index in [1.54, 1.807) is 12.4 Å². The Balaban J connectivity index is 1.87. The molecule has 3 heteroatoms. The molecule has 0 radical (unpaired) electrons. The number of hydrogen-bond donors (Lipinski definition) is 1. The molecule has 18 heavy (non-hydrogen) atoms. The molecule has 1 aromatic rings. The third-order valence-corrected chi connectivity index (χ3v) is 4.89. The van der Waals surface area contributed by atoms with Crippen molar-refractivity contribution in [2.45, 2.75) is 50.4 Å². The second-order valence-corrected chi connectivity index (χ2v) is 6.04. The molecule has 2 aliphatic carbocycles. The van der Waals surface area contributed by atoms with Gasteiger partial charge in [0.2, 0.25) is 0 Å². The Bertz CT molecular complexity index is 441. The molecule has 1 spiro atoms. The van der Waals surface area contributed by atoms with Gasteiger partial charge in [-0.2, -0.15) is 0 Å². The second kappa shape index (κ2) is 4.08. The van der Waals surface area contributed by atoms with E-state index in [4.69, 9.17) is 0 Å². The van der Waals surface area contributed by atoms with Gasteiger partial charge in [0.15, 0.2) is 0 Å². The topological polar surface area (TPSA) is 50.2 Å². The summed E-state index contributed by atoms with van der Waals surface area (Å²) >= 11 is 0. The van der Waals surface area contributed by atoms with Crippen molar-refractivity contribution in [3.8, 4) is 0 Å². The summed E-state index contributed by atoms with van der Waals surface area (Å²) in [6.45, 7) is 0. The van der Waals surface area contributed by atoms with Crippen LogP contribution in [0.2, 0.25) is 0 Å². The maximum Gasteiger partial charge on any atom is 0.314 e. The summed E-state index contributed by atoms with van der Waals surface area (Å²) in [5, 5.41) is 9.62. The number of carboxylic acid groups (broad SMARTS) is 1. The summed E-state index contributed by atoms with van der Waals surface area (Å²) in [4.78, 5) is 15.8. The number of carboxylic acids is 1. The first-order valence-electron chi connectivity index (χ1n) is 6.81. The molecule has 0 bridgehead atoms. The van der Waals surface area contributed by atoms with Crippen molar-refractivity contribution >= 4 is 5.97 Å². The number of hydrogen-bond acceptors (Lipinski definition) is 2. The maximum atomic E-state index is 11.7. The Kier molecular flexibility index (Phi) is 2.65. The highest BCUT2D eigenvalue weighted by Gasteiger charge is 2.59. The van der Waals surface area contributed by atoms with E-state index in [0.29, 0.717) is 5.41 Å². The molecule has 96 valence electrons. The summed E-state index contributed by atoms with van der Waals surface area (Å²) in [5.41, 5.74) is 0.534. The smallest absolute Gasteiger partial charge is 0.314 e. The first-order valence-corrected chi connectivity index (χ1v) is 6.81. The molecule has 1 aromatic heterocycles. The molecule has 2 fully saturated rings. The first kappa shape index (κ1) is 11.7. The van der Waals surface area contributed by atoms with Gasteiger partial charge in [-0.15, -0.1) is 0 Å². The van der Waals surface area contributed by atoms with Crippen LogP contribution in [0.3, 0.4) is 0 Å². The molecule has 0 atom stereocenters. The lowest BCUT2D eigenvalue weighted by atomic mass is 9.47. The van der Waals surface area contributed by atoms with Crippen LogP contribution in [0.25, 0.3) is 0 Å². The molecule has 3 rings (SSSR count). The molecular weight excluding hydrogens is 226 g/mol. The SMILES string of the molecule is O=C(O)C1(c2cccnc2)CC2(CCCCC2)C1. The minimum atomic E-state index is -0.674. The standard InChI is InChI=1S/C15H19NO2/c17-13(18)15(12-5-4-8-16-9-12)10-14(11-15)6-2-1-3-7-14/h4-5,8-9H,1-3,6-7,10-11H2,(H,17,18). The van der Waals surface area contributed by atoms with E-state index in [0.717, 1.165) is 18.4 Å². The molecule has 1 N–H and O–H groups in total. The van der Waals surface area contributed by atoms with Crippen LogP contribution in [-0.4, -0.2) is 16.1 Å². The van der Waals surface area contributed by atoms with Crippen LogP contribution in [0, 0.1) is 5.41 Å². The van der Waals surface area contributed by atoms with Crippen molar-refractivity contribution in [1.82, 2.24) is 4.98 Å². The number of pyridine rings is 1. The highest BCUT2D eigenvalue weighted by atomic mass is 16.4. The summed E-state index contributed by atoms with van der Waals surface area (Å²) < 4.78 is 0. The number of aromatic nitrogens is 1. The average Bonchev–Trinajstić information content (AvgIpc) is 2.37. The predicted octanol–water partition coefficient (Wildman–Crippen LogP) is 3.15. The van der Waals surface area contributed by atoms with Gasteiger partial charge in [-0.05, 0) is 42.7 Å². The van der Waals surface area contributed by atoms with Crippen molar-refractivity contribution in [3.05, 3.63) is 30.1 Å². The van der Waals surface area contributed by atoms with E-state index in [1.807, 2.05) is 12.1 Å². The van der Waals surface area contributed by atoms with Crippen LogP contribution in [0.5, 0.6) is 0 Å². The number of nitrogens with zero attached hydrogens (tertiary/aromatic N) is 1. The Morgan fingerprint density at radius 2 is 1.94 bits per heavy atom. The zero-order chi connectivity index (χ0) is 12.6. The Morgan fingerprint density at radius 3 is 2.50 bits per heavy atom. The van der Waals surface area contributed by atoms with Crippen molar-refractivity contribution in [2.24, 2.45) is 5.41 Å². The third-order valence-electron chi connectivity index (χ3n) is 4.89. The second-order valence-electron chi connectivity index (χ2n) is 6.04. The van der Waals surface area contributed by atoms with Crippen molar-refractivity contribution in [2.75, 3.05) is 0 Å². The molecule has 1 heterocycles. The van der Waals surface area contributed by atoms with Gasteiger partial charge in [0.1, 0.15) is 0 Å².